The summed E-state index contributed by atoms with van der Waals surface area (Å²) in [5.41, 5.74) is 3.63. The van der Waals surface area contributed by atoms with Crippen LogP contribution in [-0.2, 0) is 11.3 Å². The van der Waals surface area contributed by atoms with Crippen molar-refractivity contribution in [1.82, 2.24) is 15.5 Å². The van der Waals surface area contributed by atoms with Crippen molar-refractivity contribution in [3.05, 3.63) is 58.6 Å². The average Bonchev–Trinajstić information content (AvgIpc) is 3.11. The third kappa shape index (κ3) is 5.32. The van der Waals surface area contributed by atoms with Crippen LogP contribution in [0.3, 0.4) is 0 Å². The Morgan fingerprint density at radius 3 is 2.54 bits per heavy atom. The standard InChI is InChI=1S/C20H20ClN3O3.ClH/c1-12(2)14-4-6-15(7-5-14)20-23-19(24-27-20)16-8-3-13(9-17(16)21)10-22-11-18(25)26;/h3-9,12,22H,10-11H2,1-2H3,(H,25,26);1H. The van der Waals surface area contributed by atoms with Crippen LogP contribution in [-0.4, -0.2) is 27.8 Å². The summed E-state index contributed by atoms with van der Waals surface area (Å²) in [5, 5.41) is 16.0. The van der Waals surface area contributed by atoms with Gasteiger partial charge in [0, 0.05) is 17.7 Å². The summed E-state index contributed by atoms with van der Waals surface area (Å²) in [6.07, 6.45) is 0. The fourth-order valence-corrected chi connectivity index (χ4v) is 2.91. The maximum absolute atomic E-state index is 10.6. The van der Waals surface area contributed by atoms with E-state index < -0.39 is 5.97 Å². The summed E-state index contributed by atoms with van der Waals surface area (Å²) >= 11 is 6.35. The number of carboxylic acid groups (broad SMARTS) is 1. The average molecular weight is 422 g/mol. The van der Waals surface area contributed by atoms with E-state index in [0.717, 1.165) is 11.1 Å². The molecule has 0 aliphatic heterocycles. The number of nitrogens with one attached hydrogen (secondary N) is 1. The second-order valence-electron chi connectivity index (χ2n) is 6.51. The molecule has 0 spiro atoms. The first kappa shape index (κ1) is 21.9. The predicted octanol–water partition coefficient (Wildman–Crippen LogP) is 4.78. The zero-order valence-corrected chi connectivity index (χ0v) is 17.0. The zero-order valence-electron chi connectivity index (χ0n) is 15.5. The Bertz CT molecular complexity index is 940. The highest BCUT2D eigenvalue weighted by Gasteiger charge is 2.14. The number of benzene rings is 2. The molecule has 0 aliphatic rings. The maximum Gasteiger partial charge on any atom is 0.317 e. The zero-order chi connectivity index (χ0) is 19.4. The molecule has 148 valence electrons. The number of hydrogen-bond donors (Lipinski definition) is 2. The van der Waals surface area contributed by atoms with Crippen molar-refractivity contribution in [2.24, 2.45) is 0 Å². The Hall–Kier alpha value is -2.41. The normalized spacial score (nSPS) is 10.7. The van der Waals surface area contributed by atoms with Crippen LogP contribution in [0.25, 0.3) is 22.8 Å². The highest BCUT2D eigenvalue weighted by Crippen LogP contribution is 2.29. The molecular formula is C20H21Cl2N3O3. The number of rotatable bonds is 7. The molecule has 3 aromatic rings. The fourth-order valence-electron chi connectivity index (χ4n) is 2.62. The molecule has 0 aliphatic carbocycles. The Morgan fingerprint density at radius 1 is 1.21 bits per heavy atom. The first-order chi connectivity index (χ1) is 12.9. The molecule has 3 rings (SSSR count). The Kier molecular flexibility index (Phi) is 7.57. The number of hydrogen-bond acceptors (Lipinski definition) is 5. The first-order valence-corrected chi connectivity index (χ1v) is 8.97. The summed E-state index contributed by atoms with van der Waals surface area (Å²) in [5.74, 6) is 0.398. The molecule has 0 unspecified atom stereocenters. The van der Waals surface area contributed by atoms with Gasteiger partial charge in [-0.1, -0.05) is 48.8 Å². The highest BCUT2D eigenvalue weighted by atomic mass is 35.5. The van der Waals surface area contributed by atoms with E-state index in [0.29, 0.717) is 34.8 Å². The van der Waals surface area contributed by atoms with E-state index in [1.165, 1.54) is 5.56 Å². The van der Waals surface area contributed by atoms with Crippen molar-refractivity contribution in [1.29, 1.82) is 0 Å². The number of halogens is 2. The lowest BCUT2D eigenvalue weighted by molar-refractivity contribution is -0.135. The van der Waals surface area contributed by atoms with E-state index in [1.54, 1.807) is 12.1 Å². The van der Waals surface area contributed by atoms with Crippen LogP contribution in [0, 0.1) is 0 Å². The molecule has 0 fully saturated rings. The molecule has 1 heterocycles. The molecule has 1 aromatic heterocycles. The minimum Gasteiger partial charge on any atom is -0.480 e. The number of carboxylic acids is 1. The van der Waals surface area contributed by atoms with Crippen molar-refractivity contribution < 1.29 is 14.4 Å². The Morgan fingerprint density at radius 2 is 1.93 bits per heavy atom. The molecule has 0 radical (unpaired) electrons. The summed E-state index contributed by atoms with van der Waals surface area (Å²) in [7, 11) is 0. The predicted molar refractivity (Wildman–Crippen MR) is 111 cm³/mol. The molecule has 0 saturated heterocycles. The lowest BCUT2D eigenvalue weighted by Gasteiger charge is -2.05. The van der Waals surface area contributed by atoms with Crippen LogP contribution in [0.1, 0.15) is 30.9 Å². The molecule has 6 nitrogen and oxygen atoms in total. The second-order valence-corrected chi connectivity index (χ2v) is 6.92. The van der Waals surface area contributed by atoms with Crippen LogP contribution in [0.4, 0.5) is 0 Å². The van der Waals surface area contributed by atoms with Gasteiger partial charge in [-0.15, -0.1) is 12.4 Å². The summed E-state index contributed by atoms with van der Waals surface area (Å²) in [4.78, 5) is 15.0. The Labute approximate surface area is 174 Å². The lowest BCUT2D eigenvalue weighted by atomic mass is 10.0. The number of aliphatic carboxylic acids is 1. The Balaban J connectivity index is 0.00000280. The highest BCUT2D eigenvalue weighted by molar-refractivity contribution is 6.33. The second kappa shape index (κ2) is 9.68. The molecular weight excluding hydrogens is 401 g/mol. The van der Waals surface area contributed by atoms with Gasteiger partial charge in [-0.25, -0.2) is 0 Å². The molecule has 0 atom stereocenters. The van der Waals surface area contributed by atoms with Gasteiger partial charge in [-0.2, -0.15) is 4.98 Å². The fraction of sp³-hybridized carbons (Fsp3) is 0.250. The van der Waals surface area contributed by atoms with Gasteiger partial charge in [0.1, 0.15) is 0 Å². The molecule has 2 N–H and O–H groups in total. The van der Waals surface area contributed by atoms with Gasteiger partial charge in [0.15, 0.2) is 0 Å². The van der Waals surface area contributed by atoms with Gasteiger partial charge in [-0.05, 0) is 41.3 Å². The number of aromatic nitrogens is 2. The van der Waals surface area contributed by atoms with Gasteiger partial charge in [0.05, 0.1) is 11.6 Å². The van der Waals surface area contributed by atoms with Crippen LogP contribution < -0.4 is 5.32 Å². The van der Waals surface area contributed by atoms with Crippen molar-refractivity contribution in [2.45, 2.75) is 26.3 Å². The quantitative estimate of drug-likeness (QED) is 0.570. The van der Waals surface area contributed by atoms with E-state index in [2.05, 4.69) is 41.4 Å². The third-order valence-corrected chi connectivity index (χ3v) is 4.44. The minimum atomic E-state index is -0.904. The van der Waals surface area contributed by atoms with E-state index >= 15 is 0 Å². The number of carbonyl (C=O) groups is 1. The molecule has 0 bridgehead atoms. The van der Waals surface area contributed by atoms with Gasteiger partial charge in [0.25, 0.3) is 5.89 Å². The van der Waals surface area contributed by atoms with Crippen LogP contribution in [0.15, 0.2) is 47.0 Å². The lowest BCUT2D eigenvalue weighted by Crippen LogP contribution is -2.21. The summed E-state index contributed by atoms with van der Waals surface area (Å²) in [6, 6.07) is 13.4. The monoisotopic (exact) mass is 421 g/mol. The van der Waals surface area contributed by atoms with Crippen LogP contribution in [0.5, 0.6) is 0 Å². The third-order valence-electron chi connectivity index (χ3n) is 4.13. The molecule has 28 heavy (non-hydrogen) atoms. The van der Waals surface area contributed by atoms with E-state index in [-0.39, 0.29) is 19.0 Å². The van der Waals surface area contributed by atoms with Crippen molar-refractivity contribution in [3.8, 4) is 22.8 Å². The van der Waals surface area contributed by atoms with Crippen molar-refractivity contribution >= 4 is 30.0 Å². The molecule has 0 saturated carbocycles. The maximum atomic E-state index is 10.6. The van der Waals surface area contributed by atoms with Crippen LogP contribution in [0.2, 0.25) is 5.02 Å². The van der Waals surface area contributed by atoms with Crippen molar-refractivity contribution in [3.63, 3.8) is 0 Å². The van der Waals surface area contributed by atoms with Gasteiger partial charge in [0.2, 0.25) is 5.82 Å². The van der Waals surface area contributed by atoms with E-state index in [4.69, 9.17) is 21.2 Å². The first-order valence-electron chi connectivity index (χ1n) is 8.59. The minimum absolute atomic E-state index is 0. The molecule has 0 amide bonds. The van der Waals surface area contributed by atoms with Gasteiger partial charge < -0.3 is 14.9 Å². The van der Waals surface area contributed by atoms with Gasteiger partial charge in [-0.3, -0.25) is 4.79 Å². The molecule has 8 heteroatoms. The van der Waals surface area contributed by atoms with Crippen molar-refractivity contribution in [2.75, 3.05) is 6.54 Å². The largest absolute Gasteiger partial charge is 0.480 e. The summed E-state index contributed by atoms with van der Waals surface area (Å²) < 4.78 is 5.38. The SMILES string of the molecule is CC(C)c1ccc(-c2nc(-c3ccc(CNCC(=O)O)cc3Cl)no2)cc1.Cl. The summed E-state index contributed by atoms with van der Waals surface area (Å²) in [6.45, 7) is 4.58. The smallest absolute Gasteiger partial charge is 0.317 e. The number of nitrogens with zero attached hydrogens (tertiary/aromatic N) is 2. The molecule has 2 aromatic carbocycles. The van der Waals surface area contributed by atoms with Gasteiger partial charge >= 0.3 is 5.97 Å². The van der Waals surface area contributed by atoms with E-state index in [1.807, 2.05) is 18.2 Å². The topological polar surface area (TPSA) is 88.2 Å². The van der Waals surface area contributed by atoms with Crippen LogP contribution >= 0.6 is 24.0 Å². The van der Waals surface area contributed by atoms with E-state index in [9.17, 15) is 4.79 Å².